The van der Waals surface area contributed by atoms with Crippen molar-refractivity contribution < 1.29 is 19.1 Å². The Morgan fingerprint density at radius 2 is 1.17 bits per heavy atom. The number of carbonyl (C=O) groups excluding carboxylic acids is 2. The molecule has 0 aliphatic heterocycles. The van der Waals surface area contributed by atoms with Crippen molar-refractivity contribution >= 4 is 58.1 Å². The molecule has 0 fully saturated rings. The Hall–Kier alpha value is -3.66. The van der Waals surface area contributed by atoms with E-state index < -0.39 is 11.8 Å². The second kappa shape index (κ2) is 16.0. The van der Waals surface area contributed by atoms with E-state index in [9.17, 15) is 9.59 Å². The summed E-state index contributed by atoms with van der Waals surface area (Å²) in [6.07, 6.45) is 0. The van der Waals surface area contributed by atoms with Crippen molar-refractivity contribution in [1.82, 2.24) is 0 Å². The second-order valence-corrected chi connectivity index (χ2v) is 10.6. The topological polar surface area (TPSA) is 233 Å². The predicted molar refractivity (Wildman–Crippen MR) is 168 cm³/mol. The molecule has 0 unspecified atom stereocenters. The number of rotatable bonds is 15. The molecule has 14 N–H and O–H groups in total. The quantitative estimate of drug-likeness (QED) is 0.0711. The normalized spacial score (nSPS) is 10.7. The fraction of sp³-hybridized carbons (Fsp3) is 0.259. The Bertz CT molecular complexity index is 1360. The molecular weight excluding hydrogens is 564 g/mol. The number of thioether (sulfide) groups is 2. The van der Waals surface area contributed by atoms with E-state index in [1.54, 1.807) is 36.4 Å². The molecule has 14 heteroatoms. The Morgan fingerprint density at radius 1 is 0.683 bits per heavy atom. The second-order valence-electron chi connectivity index (χ2n) is 8.42. The average molecular weight is 601 g/mol. The van der Waals surface area contributed by atoms with Gasteiger partial charge >= 0.3 is 0 Å². The third-order valence-corrected chi connectivity index (χ3v) is 7.60. The first-order chi connectivity index (χ1) is 19.8. The van der Waals surface area contributed by atoms with Crippen molar-refractivity contribution in [2.75, 3.05) is 66.6 Å². The van der Waals surface area contributed by atoms with E-state index in [1.807, 2.05) is 0 Å². The molecule has 3 aromatic rings. The van der Waals surface area contributed by atoms with Crippen molar-refractivity contribution in [3.63, 3.8) is 0 Å². The molecule has 0 aliphatic rings. The van der Waals surface area contributed by atoms with E-state index in [1.165, 1.54) is 35.7 Å². The van der Waals surface area contributed by atoms with Crippen LogP contribution in [0.3, 0.4) is 0 Å². The SMILES string of the molecule is NCCOc1cc(OCCN)c(C(=O)Nc2cccc(N)c2SCCN)cc1C(=O)Nc1cccc(N)c1SCN. The van der Waals surface area contributed by atoms with Gasteiger partial charge in [-0.1, -0.05) is 12.1 Å². The molecular formula is C27H36N8O4S2. The number of anilines is 4. The summed E-state index contributed by atoms with van der Waals surface area (Å²) in [6.45, 7) is 1.09. The minimum Gasteiger partial charge on any atom is -0.491 e. The summed E-state index contributed by atoms with van der Waals surface area (Å²) in [5.41, 5.74) is 37.1. The van der Waals surface area contributed by atoms with Gasteiger partial charge in [-0.25, -0.2) is 0 Å². The molecule has 0 bridgehead atoms. The molecule has 0 radical (unpaired) electrons. The third-order valence-electron chi connectivity index (χ3n) is 5.50. The van der Waals surface area contributed by atoms with Gasteiger partial charge in [-0.15, -0.1) is 23.5 Å². The smallest absolute Gasteiger partial charge is 0.259 e. The number of nitrogens with one attached hydrogen (secondary N) is 2. The van der Waals surface area contributed by atoms with Gasteiger partial charge in [0.25, 0.3) is 11.8 Å². The Balaban J connectivity index is 2.06. The molecule has 3 rings (SSSR count). The Labute approximate surface area is 247 Å². The lowest BCUT2D eigenvalue weighted by Gasteiger charge is -2.19. The van der Waals surface area contributed by atoms with Gasteiger partial charge in [0.05, 0.1) is 32.3 Å². The van der Waals surface area contributed by atoms with Crippen molar-refractivity contribution in [1.29, 1.82) is 0 Å². The number of hydrogen-bond acceptors (Lipinski definition) is 12. The summed E-state index contributed by atoms with van der Waals surface area (Å²) in [7, 11) is 0. The summed E-state index contributed by atoms with van der Waals surface area (Å²) < 4.78 is 11.6. The first-order valence-electron chi connectivity index (χ1n) is 12.7. The highest BCUT2D eigenvalue weighted by Gasteiger charge is 2.24. The van der Waals surface area contributed by atoms with Crippen LogP contribution in [0.15, 0.2) is 58.3 Å². The standard InChI is InChI=1S/C27H36N8O4S2/c28-7-10-38-22-14-23(39-11-8-29)17(27(37)35-21-6-2-4-19(33)25(21)41-15-31)13-16(22)26(36)34-20-5-1-3-18(32)24(20)40-12-9-30/h1-6,13-14H,7-12,15,28-33H2,(H,34,36)(H,35,37). The van der Waals surface area contributed by atoms with Gasteiger partial charge in [0.1, 0.15) is 24.7 Å². The van der Waals surface area contributed by atoms with E-state index in [0.29, 0.717) is 44.8 Å². The van der Waals surface area contributed by atoms with Crippen molar-refractivity contribution in [3.8, 4) is 11.5 Å². The maximum absolute atomic E-state index is 13.7. The van der Waals surface area contributed by atoms with Crippen molar-refractivity contribution in [2.45, 2.75) is 9.79 Å². The summed E-state index contributed by atoms with van der Waals surface area (Å²) in [6, 6.07) is 13.2. The highest BCUT2D eigenvalue weighted by molar-refractivity contribution is 7.99. The van der Waals surface area contributed by atoms with Gasteiger partial charge in [-0.05, 0) is 30.3 Å². The van der Waals surface area contributed by atoms with Gasteiger partial charge in [0.2, 0.25) is 0 Å². The molecule has 220 valence electrons. The van der Waals surface area contributed by atoms with Gasteiger partial charge in [-0.3, -0.25) is 9.59 Å². The maximum Gasteiger partial charge on any atom is 0.259 e. The number of carbonyl (C=O) groups is 2. The Kier molecular flexibility index (Phi) is 12.4. The van der Waals surface area contributed by atoms with Gasteiger partial charge in [0.15, 0.2) is 0 Å². The lowest BCUT2D eigenvalue weighted by atomic mass is 10.1. The molecule has 0 aromatic heterocycles. The molecule has 41 heavy (non-hydrogen) atoms. The summed E-state index contributed by atoms with van der Waals surface area (Å²) >= 11 is 2.71. The fourth-order valence-corrected chi connectivity index (χ4v) is 5.25. The molecule has 0 aliphatic carbocycles. The van der Waals surface area contributed by atoms with Crippen LogP contribution in [0.25, 0.3) is 0 Å². The van der Waals surface area contributed by atoms with Crippen LogP contribution in [0.2, 0.25) is 0 Å². The minimum atomic E-state index is -0.538. The number of amides is 2. The van der Waals surface area contributed by atoms with Crippen LogP contribution in [0.1, 0.15) is 20.7 Å². The minimum absolute atomic E-state index is 0.0835. The van der Waals surface area contributed by atoms with Gasteiger partial charge in [-0.2, -0.15) is 0 Å². The molecule has 2 amide bonds. The summed E-state index contributed by atoms with van der Waals surface area (Å²) in [4.78, 5) is 28.6. The van der Waals surface area contributed by atoms with Crippen molar-refractivity contribution in [2.24, 2.45) is 22.9 Å². The zero-order chi connectivity index (χ0) is 29.8. The van der Waals surface area contributed by atoms with Crippen LogP contribution in [0, 0.1) is 0 Å². The van der Waals surface area contributed by atoms with Crippen LogP contribution >= 0.6 is 23.5 Å². The van der Waals surface area contributed by atoms with Crippen molar-refractivity contribution in [3.05, 3.63) is 59.7 Å². The molecule has 0 spiro atoms. The highest BCUT2D eigenvalue weighted by Crippen LogP contribution is 2.36. The van der Waals surface area contributed by atoms with Crippen LogP contribution in [0.4, 0.5) is 22.7 Å². The third kappa shape index (κ3) is 8.42. The molecule has 3 aromatic carbocycles. The molecule has 0 heterocycles. The summed E-state index contributed by atoms with van der Waals surface area (Å²) in [5, 5.41) is 5.74. The van der Waals surface area contributed by atoms with Crippen LogP contribution in [-0.4, -0.2) is 56.3 Å². The summed E-state index contributed by atoms with van der Waals surface area (Å²) in [5.74, 6) is 0.156. The van der Waals surface area contributed by atoms with Gasteiger partial charge < -0.3 is 54.5 Å². The lowest BCUT2D eigenvalue weighted by Crippen LogP contribution is -2.21. The van der Waals surface area contributed by atoms with Crippen LogP contribution in [-0.2, 0) is 0 Å². The van der Waals surface area contributed by atoms with E-state index >= 15 is 0 Å². The number of nitrogens with two attached hydrogens (primary N) is 6. The maximum atomic E-state index is 13.7. The fourth-order valence-electron chi connectivity index (χ4n) is 3.75. The zero-order valence-corrected chi connectivity index (χ0v) is 24.1. The highest BCUT2D eigenvalue weighted by atomic mass is 32.2. The number of ether oxygens (including phenoxy) is 2. The van der Waals surface area contributed by atoms with Crippen LogP contribution < -0.4 is 54.5 Å². The van der Waals surface area contributed by atoms with Crippen LogP contribution in [0.5, 0.6) is 11.5 Å². The first-order valence-corrected chi connectivity index (χ1v) is 14.7. The number of benzene rings is 3. The molecule has 12 nitrogen and oxygen atoms in total. The average Bonchev–Trinajstić information content (AvgIpc) is 2.96. The van der Waals surface area contributed by atoms with E-state index in [0.717, 1.165) is 0 Å². The van der Waals surface area contributed by atoms with E-state index in [-0.39, 0.29) is 54.8 Å². The molecule has 0 saturated carbocycles. The van der Waals surface area contributed by atoms with Gasteiger partial charge in [0, 0.05) is 48.7 Å². The monoisotopic (exact) mass is 600 g/mol. The number of hydrogen-bond donors (Lipinski definition) is 8. The molecule has 0 saturated heterocycles. The first kappa shape index (κ1) is 31.9. The van der Waals surface area contributed by atoms with E-state index in [2.05, 4.69) is 10.6 Å². The predicted octanol–water partition coefficient (Wildman–Crippen LogP) is 2.09. The zero-order valence-electron chi connectivity index (χ0n) is 22.5. The Morgan fingerprint density at radius 3 is 1.61 bits per heavy atom. The molecule has 0 atom stereocenters. The van der Waals surface area contributed by atoms with E-state index in [4.69, 9.17) is 43.9 Å². The largest absolute Gasteiger partial charge is 0.491 e. The number of nitrogen functional groups attached to an aromatic ring is 2. The lowest BCUT2D eigenvalue weighted by molar-refractivity contribution is 0.102.